The number of hydrogen-bond acceptors (Lipinski definition) is 2. The topological polar surface area (TPSA) is 25.2 Å². The Kier molecular flexibility index (Phi) is 5.09. The zero-order valence-corrected chi connectivity index (χ0v) is 13.0. The zero-order valence-electron chi connectivity index (χ0n) is 13.0. The molecule has 1 saturated carbocycles. The first-order valence-corrected chi connectivity index (χ1v) is 7.86. The lowest BCUT2D eigenvalue weighted by Gasteiger charge is -2.26. The maximum absolute atomic E-state index is 5.60. The van der Waals surface area contributed by atoms with E-state index in [-0.39, 0.29) is 0 Å². The second-order valence-corrected chi connectivity index (χ2v) is 6.46. The van der Waals surface area contributed by atoms with Gasteiger partial charge in [0.1, 0.15) is 11.5 Å². The molecule has 2 nitrogen and oxygen atoms in total. The highest BCUT2D eigenvalue weighted by Gasteiger charge is 2.18. The van der Waals surface area contributed by atoms with Crippen molar-refractivity contribution < 1.29 is 4.42 Å². The molecule has 0 bridgehead atoms. The Morgan fingerprint density at radius 3 is 2.53 bits per heavy atom. The molecule has 1 aromatic rings. The van der Waals surface area contributed by atoms with E-state index in [1.807, 2.05) is 6.92 Å². The monoisotopic (exact) mass is 263 g/mol. The first kappa shape index (κ1) is 14.6. The molecule has 1 atom stereocenters. The molecule has 2 heteroatoms. The number of furan rings is 1. The highest BCUT2D eigenvalue weighted by Crippen LogP contribution is 2.30. The third kappa shape index (κ3) is 4.10. The van der Waals surface area contributed by atoms with Crippen molar-refractivity contribution in [3.8, 4) is 0 Å². The largest absolute Gasteiger partial charge is 0.466 e. The average Bonchev–Trinajstić information content (AvgIpc) is 2.71. The van der Waals surface area contributed by atoms with Gasteiger partial charge in [-0.15, -0.1) is 0 Å². The first-order valence-electron chi connectivity index (χ1n) is 7.86. The molecular formula is C17H29NO. The molecule has 1 fully saturated rings. The molecule has 0 radical (unpaired) electrons. The van der Waals surface area contributed by atoms with Crippen LogP contribution in [0, 0.1) is 25.7 Å². The minimum atomic E-state index is 0.403. The summed E-state index contributed by atoms with van der Waals surface area (Å²) in [5.74, 6) is 3.98. The van der Waals surface area contributed by atoms with E-state index in [0.717, 1.165) is 29.9 Å². The summed E-state index contributed by atoms with van der Waals surface area (Å²) in [6, 6.07) is 2.56. The molecule has 0 saturated heterocycles. The molecule has 1 heterocycles. The van der Waals surface area contributed by atoms with Crippen molar-refractivity contribution in [1.82, 2.24) is 5.32 Å². The van der Waals surface area contributed by atoms with Crippen molar-refractivity contribution in [2.24, 2.45) is 11.8 Å². The summed E-state index contributed by atoms with van der Waals surface area (Å²) in [5.41, 5.74) is 1.31. The molecule has 1 N–H and O–H groups in total. The highest BCUT2D eigenvalue weighted by atomic mass is 16.3. The Bertz CT molecular complexity index is 388. The van der Waals surface area contributed by atoms with Crippen LogP contribution in [0.25, 0.3) is 0 Å². The molecule has 108 valence electrons. The van der Waals surface area contributed by atoms with Gasteiger partial charge in [-0.1, -0.05) is 32.6 Å². The summed E-state index contributed by atoms with van der Waals surface area (Å²) < 4.78 is 5.60. The molecule has 0 aromatic carbocycles. The van der Waals surface area contributed by atoms with Crippen LogP contribution in [0.4, 0.5) is 0 Å². The van der Waals surface area contributed by atoms with Crippen LogP contribution in [0.3, 0.4) is 0 Å². The van der Waals surface area contributed by atoms with Crippen LogP contribution in [0.1, 0.15) is 69.1 Å². The lowest BCUT2D eigenvalue weighted by molar-refractivity contribution is 0.273. The maximum Gasteiger partial charge on any atom is 0.105 e. The van der Waals surface area contributed by atoms with Crippen LogP contribution >= 0.6 is 0 Å². The minimum absolute atomic E-state index is 0.403. The Morgan fingerprint density at radius 1 is 1.26 bits per heavy atom. The van der Waals surface area contributed by atoms with E-state index < -0.39 is 0 Å². The minimum Gasteiger partial charge on any atom is -0.466 e. The Hall–Kier alpha value is -0.760. The summed E-state index contributed by atoms with van der Waals surface area (Å²) in [7, 11) is 0. The summed E-state index contributed by atoms with van der Waals surface area (Å²) in [6.45, 7) is 9.83. The molecule has 1 aliphatic rings. The molecule has 0 spiro atoms. The standard InChI is InChI=1S/C17H29NO/c1-12-5-7-16(8-6-12)9-10-18-14(3)17-11-13(2)19-15(17)4/h11-12,14,16,18H,5-10H2,1-4H3. The summed E-state index contributed by atoms with van der Waals surface area (Å²) in [6.07, 6.45) is 7.05. The van der Waals surface area contributed by atoms with Crippen molar-refractivity contribution in [3.63, 3.8) is 0 Å². The Morgan fingerprint density at radius 2 is 1.95 bits per heavy atom. The number of aryl methyl sites for hydroxylation is 2. The lowest BCUT2D eigenvalue weighted by Crippen LogP contribution is -2.23. The van der Waals surface area contributed by atoms with Crippen LogP contribution in [0.2, 0.25) is 0 Å². The van der Waals surface area contributed by atoms with Gasteiger partial charge < -0.3 is 9.73 Å². The third-order valence-corrected chi connectivity index (χ3v) is 4.68. The van der Waals surface area contributed by atoms with E-state index >= 15 is 0 Å². The molecule has 2 rings (SSSR count). The van der Waals surface area contributed by atoms with Gasteiger partial charge in [-0.3, -0.25) is 0 Å². The fraction of sp³-hybridized carbons (Fsp3) is 0.765. The molecule has 0 amide bonds. The molecule has 19 heavy (non-hydrogen) atoms. The number of rotatable bonds is 5. The van der Waals surface area contributed by atoms with Crippen molar-refractivity contribution in [3.05, 3.63) is 23.2 Å². The van der Waals surface area contributed by atoms with Gasteiger partial charge in [0.15, 0.2) is 0 Å². The molecule has 0 aliphatic heterocycles. The molecule has 1 aromatic heterocycles. The van der Waals surface area contributed by atoms with Gasteiger partial charge in [-0.2, -0.15) is 0 Å². The number of hydrogen-bond donors (Lipinski definition) is 1. The average molecular weight is 263 g/mol. The van der Waals surface area contributed by atoms with Crippen LogP contribution in [-0.2, 0) is 0 Å². The Labute approximate surface area is 118 Å². The van der Waals surface area contributed by atoms with Gasteiger partial charge in [0.25, 0.3) is 0 Å². The SMILES string of the molecule is Cc1cc(C(C)NCCC2CCC(C)CC2)c(C)o1. The summed E-state index contributed by atoms with van der Waals surface area (Å²) >= 11 is 0. The second kappa shape index (κ2) is 6.60. The van der Waals surface area contributed by atoms with Crippen LogP contribution in [0.5, 0.6) is 0 Å². The molecule has 1 unspecified atom stereocenters. The first-order chi connectivity index (χ1) is 9.06. The van der Waals surface area contributed by atoms with E-state index in [9.17, 15) is 0 Å². The maximum atomic E-state index is 5.60. The van der Waals surface area contributed by atoms with Gasteiger partial charge in [0.05, 0.1) is 0 Å². The predicted octanol–water partition coefficient (Wildman–Crippen LogP) is 4.76. The van der Waals surface area contributed by atoms with Gasteiger partial charge >= 0.3 is 0 Å². The zero-order chi connectivity index (χ0) is 13.8. The lowest BCUT2D eigenvalue weighted by atomic mass is 9.81. The quantitative estimate of drug-likeness (QED) is 0.828. The van der Waals surface area contributed by atoms with Gasteiger partial charge in [0, 0.05) is 11.6 Å². The molecular weight excluding hydrogens is 234 g/mol. The molecule has 1 aliphatic carbocycles. The van der Waals surface area contributed by atoms with E-state index in [2.05, 4.69) is 32.2 Å². The van der Waals surface area contributed by atoms with Gasteiger partial charge in [0.2, 0.25) is 0 Å². The second-order valence-electron chi connectivity index (χ2n) is 6.46. The van der Waals surface area contributed by atoms with E-state index in [4.69, 9.17) is 4.42 Å². The van der Waals surface area contributed by atoms with E-state index in [1.165, 1.54) is 37.7 Å². The van der Waals surface area contributed by atoms with Crippen LogP contribution < -0.4 is 5.32 Å². The van der Waals surface area contributed by atoms with Crippen molar-refractivity contribution in [2.45, 2.75) is 65.8 Å². The number of nitrogens with one attached hydrogen (secondary N) is 1. The van der Waals surface area contributed by atoms with Crippen molar-refractivity contribution in [1.29, 1.82) is 0 Å². The fourth-order valence-corrected chi connectivity index (χ4v) is 3.31. The normalized spacial score (nSPS) is 25.5. The van der Waals surface area contributed by atoms with E-state index in [0.29, 0.717) is 6.04 Å². The van der Waals surface area contributed by atoms with E-state index in [1.54, 1.807) is 0 Å². The predicted molar refractivity (Wildman–Crippen MR) is 80.3 cm³/mol. The van der Waals surface area contributed by atoms with Crippen LogP contribution in [-0.4, -0.2) is 6.54 Å². The van der Waals surface area contributed by atoms with Crippen molar-refractivity contribution >= 4 is 0 Å². The highest BCUT2D eigenvalue weighted by molar-refractivity contribution is 5.23. The van der Waals surface area contributed by atoms with Crippen LogP contribution in [0.15, 0.2) is 10.5 Å². The van der Waals surface area contributed by atoms with Gasteiger partial charge in [-0.25, -0.2) is 0 Å². The summed E-state index contributed by atoms with van der Waals surface area (Å²) in [4.78, 5) is 0. The third-order valence-electron chi connectivity index (χ3n) is 4.68. The Balaban J connectivity index is 1.72. The smallest absolute Gasteiger partial charge is 0.105 e. The summed E-state index contributed by atoms with van der Waals surface area (Å²) in [5, 5.41) is 3.65. The fourth-order valence-electron chi connectivity index (χ4n) is 3.31. The van der Waals surface area contributed by atoms with Gasteiger partial charge in [-0.05, 0) is 51.6 Å². The van der Waals surface area contributed by atoms with Crippen molar-refractivity contribution in [2.75, 3.05) is 6.54 Å².